The highest BCUT2D eigenvalue weighted by atomic mass is 35.5. The van der Waals surface area contributed by atoms with E-state index in [1.807, 2.05) is 0 Å². The number of carbonyl (C=O) groups is 1. The molecule has 1 atom stereocenters. The standard InChI is InChI=1S/C21H30Cl2N2O3S/c22-17-11-12-20(19(23)14-17)29(27,28)25-13-7-6-10-18(25)15-24-21(26)16-8-4-2-1-3-5-9-16/h11-12,14,16,18H,1-10,13,15H2,(H,24,26). The SMILES string of the molecule is O=C(NCC1CCCCN1S(=O)(=O)c1ccc(Cl)cc1Cl)C1CCCCCCC1. The van der Waals surface area contributed by atoms with Gasteiger partial charge in [-0.15, -0.1) is 0 Å². The van der Waals surface area contributed by atoms with Crippen molar-refractivity contribution in [1.82, 2.24) is 9.62 Å². The Bertz CT molecular complexity index is 808. The van der Waals surface area contributed by atoms with E-state index in [1.54, 1.807) is 0 Å². The molecule has 0 spiro atoms. The molecule has 1 aromatic carbocycles. The van der Waals surface area contributed by atoms with Gasteiger partial charge in [-0.25, -0.2) is 8.42 Å². The molecular formula is C21H30Cl2N2O3S. The topological polar surface area (TPSA) is 66.5 Å². The summed E-state index contributed by atoms with van der Waals surface area (Å²) in [7, 11) is -3.75. The van der Waals surface area contributed by atoms with Gasteiger partial charge in [0.1, 0.15) is 4.90 Å². The molecule has 29 heavy (non-hydrogen) atoms. The fraction of sp³-hybridized carbons (Fsp3) is 0.667. The lowest BCUT2D eigenvalue weighted by atomic mass is 9.90. The third kappa shape index (κ3) is 5.87. The van der Waals surface area contributed by atoms with Crippen molar-refractivity contribution in [3.8, 4) is 0 Å². The molecule has 1 aliphatic heterocycles. The van der Waals surface area contributed by atoms with Crippen molar-refractivity contribution in [1.29, 1.82) is 0 Å². The average Bonchev–Trinajstić information content (AvgIpc) is 2.66. The van der Waals surface area contributed by atoms with Crippen molar-refractivity contribution >= 4 is 39.1 Å². The first-order valence-corrected chi connectivity index (χ1v) is 12.8. The summed E-state index contributed by atoms with van der Waals surface area (Å²) >= 11 is 12.1. The number of halogens is 2. The Kier molecular flexibility index (Phi) is 8.25. The molecule has 0 bridgehead atoms. The van der Waals surface area contributed by atoms with E-state index < -0.39 is 10.0 Å². The molecule has 0 aromatic heterocycles. The normalized spacial score (nSPS) is 22.6. The summed E-state index contributed by atoms with van der Waals surface area (Å²) in [6, 6.07) is 4.19. The Labute approximate surface area is 184 Å². The molecule has 1 N–H and O–H groups in total. The second-order valence-electron chi connectivity index (χ2n) is 8.13. The van der Waals surface area contributed by atoms with E-state index in [-0.39, 0.29) is 27.8 Å². The summed E-state index contributed by atoms with van der Waals surface area (Å²) < 4.78 is 28.0. The predicted molar refractivity (Wildman–Crippen MR) is 117 cm³/mol. The minimum Gasteiger partial charge on any atom is -0.354 e. The Morgan fingerprint density at radius 3 is 2.34 bits per heavy atom. The first kappa shape index (κ1) is 22.9. The Morgan fingerprint density at radius 1 is 1.00 bits per heavy atom. The number of carbonyl (C=O) groups excluding carboxylic acids is 1. The number of benzene rings is 1. The zero-order valence-corrected chi connectivity index (χ0v) is 19.0. The van der Waals surface area contributed by atoms with Gasteiger partial charge in [-0.3, -0.25) is 4.79 Å². The molecule has 2 fully saturated rings. The molecule has 2 aliphatic rings. The van der Waals surface area contributed by atoms with Gasteiger partial charge in [0.05, 0.1) is 5.02 Å². The van der Waals surface area contributed by atoms with Crippen LogP contribution in [0.2, 0.25) is 10.0 Å². The summed E-state index contributed by atoms with van der Waals surface area (Å²) in [5.41, 5.74) is 0. The number of hydrogen-bond donors (Lipinski definition) is 1. The minimum atomic E-state index is -3.75. The first-order chi connectivity index (χ1) is 13.9. The predicted octanol–water partition coefficient (Wildman–Crippen LogP) is 5.01. The number of nitrogens with zero attached hydrogens (tertiary/aromatic N) is 1. The van der Waals surface area contributed by atoms with Crippen LogP contribution in [0, 0.1) is 5.92 Å². The molecule has 1 aliphatic carbocycles. The van der Waals surface area contributed by atoms with Crippen LogP contribution in [0.3, 0.4) is 0 Å². The Morgan fingerprint density at radius 2 is 1.66 bits per heavy atom. The number of piperidine rings is 1. The maximum absolute atomic E-state index is 13.2. The van der Waals surface area contributed by atoms with Gasteiger partial charge < -0.3 is 5.32 Å². The highest BCUT2D eigenvalue weighted by Crippen LogP contribution is 2.31. The second kappa shape index (κ2) is 10.5. The monoisotopic (exact) mass is 460 g/mol. The molecule has 3 rings (SSSR count). The summed E-state index contributed by atoms with van der Waals surface area (Å²) in [5.74, 6) is 0.119. The zero-order chi connectivity index (χ0) is 20.9. The van der Waals surface area contributed by atoms with Gasteiger partial charge in [-0.2, -0.15) is 4.31 Å². The average molecular weight is 461 g/mol. The van der Waals surface area contributed by atoms with Crippen LogP contribution in [0.25, 0.3) is 0 Å². The van der Waals surface area contributed by atoms with Gasteiger partial charge in [0.2, 0.25) is 15.9 Å². The number of nitrogens with one attached hydrogen (secondary N) is 1. The quantitative estimate of drug-likeness (QED) is 0.670. The Hall–Kier alpha value is -0.820. The largest absolute Gasteiger partial charge is 0.354 e. The molecule has 8 heteroatoms. The van der Waals surface area contributed by atoms with Gasteiger partial charge in [0.25, 0.3) is 0 Å². The van der Waals surface area contributed by atoms with Crippen LogP contribution in [0.1, 0.15) is 64.2 Å². The van der Waals surface area contributed by atoms with Crippen LogP contribution in [0.5, 0.6) is 0 Å². The molecule has 1 amide bonds. The second-order valence-corrected chi connectivity index (χ2v) is 10.8. The molecule has 162 valence electrons. The fourth-order valence-corrected chi connectivity index (χ4v) is 6.83. The molecule has 1 heterocycles. The van der Waals surface area contributed by atoms with E-state index in [1.165, 1.54) is 41.8 Å². The molecular weight excluding hydrogens is 431 g/mol. The third-order valence-electron chi connectivity index (χ3n) is 6.04. The number of sulfonamides is 1. The molecule has 1 unspecified atom stereocenters. The summed E-state index contributed by atoms with van der Waals surface area (Å²) in [6.45, 7) is 0.783. The minimum absolute atomic E-state index is 0.0506. The molecule has 5 nitrogen and oxygen atoms in total. The smallest absolute Gasteiger partial charge is 0.244 e. The number of amides is 1. The maximum Gasteiger partial charge on any atom is 0.244 e. The van der Waals surface area contributed by atoms with Crippen LogP contribution in [-0.4, -0.2) is 37.8 Å². The molecule has 0 radical (unpaired) electrons. The van der Waals surface area contributed by atoms with E-state index in [2.05, 4.69) is 5.32 Å². The molecule has 1 saturated heterocycles. The molecule has 1 saturated carbocycles. The van der Waals surface area contributed by atoms with Crippen molar-refractivity contribution in [3.05, 3.63) is 28.2 Å². The fourth-order valence-electron chi connectivity index (χ4n) is 4.39. The van der Waals surface area contributed by atoms with Crippen molar-refractivity contribution < 1.29 is 13.2 Å². The van der Waals surface area contributed by atoms with Crippen LogP contribution < -0.4 is 5.32 Å². The van der Waals surface area contributed by atoms with Crippen molar-refractivity contribution in [3.63, 3.8) is 0 Å². The lowest BCUT2D eigenvalue weighted by molar-refractivity contribution is -0.125. The van der Waals surface area contributed by atoms with Crippen molar-refractivity contribution in [2.24, 2.45) is 5.92 Å². The lowest BCUT2D eigenvalue weighted by Crippen LogP contribution is -2.50. The van der Waals surface area contributed by atoms with E-state index in [4.69, 9.17) is 23.2 Å². The maximum atomic E-state index is 13.2. The molecule has 1 aromatic rings. The third-order valence-corrected chi connectivity index (χ3v) is 8.71. The van der Waals surface area contributed by atoms with Crippen LogP contribution >= 0.6 is 23.2 Å². The summed E-state index contributed by atoms with van der Waals surface area (Å²) in [5, 5.41) is 3.57. The number of rotatable bonds is 5. The van der Waals surface area contributed by atoms with E-state index in [0.717, 1.165) is 44.9 Å². The van der Waals surface area contributed by atoms with Crippen molar-refractivity contribution in [2.75, 3.05) is 13.1 Å². The lowest BCUT2D eigenvalue weighted by Gasteiger charge is -2.35. The van der Waals surface area contributed by atoms with Gasteiger partial charge in [0, 0.05) is 30.1 Å². The van der Waals surface area contributed by atoms with Crippen LogP contribution in [0.15, 0.2) is 23.1 Å². The zero-order valence-electron chi connectivity index (χ0n) is 16.7. The van der Waals surface area contributed by atoms with Gasteiger partial charge in [0.15, 0.2) is 0 Å². The Balaban J connectivity index is 1.68. The van der Waals surface area contributed by atoms with Crippen LogP contribution in [-0.2, 0) is 14.8 Å². The van der Waals surface area contributed by atoms with Crippen LogP contribution in [0.4, 0.5) is 0 Å². The summed E-state index contributed by atoms with van der Waals surface area (Å²) in [4.78, 5) is 12.8. The van der Waals surface area contributed by atoms with E-state index in [9.17, 15) is 13.2 Å². The van der Waals surface area contributed by atoms with E-state index in [0.29, 0.717) is 18.1 Å². The van der Waals surface area contributed by atoms with Gasteiger partial charge in [-0.1, -0.05) is 61.7 Å². The first-order valence-electron chi connectivity index (χ1n) is 10.6. The van der Waals surface area contributed by atoms with Gasteiger partial charge >= 0.3 is 0 Å². The van der Waals surface area contributed by atoms with Gasteiger partial charge in [-0.05, 0) is 43.9 Å². The van der Waals surface area contributed by atoms with Crippen molar-refractivity contribution in [2.45, 2.75) is 75.1 Å². The highest BCUT2D eigenvalue weighted by molar-refractivity contribution is 7.89. The summed E-state index contributed by atoms with van der Waals surface area (Å²) in [6.07, 6.45) is 10.2. The highest BCUT2D eigenvalue weighted by Gasteiger charge is 2.35. The number of hydrogen-bond acceptors (Lipinski definition) is 3. The van der Waals surface area contributed by atoms with E-state index >= 15 is 0 Å².